The molecule has 0 radical (unpaired) electrons. The molecule has 0 aliphatic heterocycles. The van der Waals surface area contributed by atoms with Gasteiger partial charge in [0.2, 0.25) is 5.91 Å². The van der Waals surface area contributed by atoms with E-state index in [-0.39, 0.29) is 17.7 Å². The predicted octanol–water partition coefficient (Wildman–Crippen LogP) is 3.84. The van der Waals surface area contributed by atoms with Crippen LogP contribution in [0.4, 0.5) is 0 Å². The van der Waals surface area contributed by atoms with Gasteiger partial charge in [-0.25, -0.2) is 0 Å². The summed E-state index contributed by atoms with van der Waals surface area (Å²) in [7, 11) is 0. The molecule has 5 heteroatoms. The van der Waals surface area contributed by atoms with Crippen LogP contribution in [-0.2, 0) is 11.2 Å². The Morgan fingerprint density at radius 2 is 1.69 bits per heavy atom. The maximum atomic E-state index is 12.6. The molecule has 0 fully saturated rings. The average Bonchev–Trinajstić information content (AvgIpc) is 2.66. The monoisotopic (exact) mass is 372 g/mol. The lowest BCUT2D eigenvalue weighted by atomic mass is 9.97. The summed E-state index contributed by atoms with van der Waals surface area (Å²) in [4.78, 5) is 25.1. The van der Waals surface area contributed by atoms with E-state index in [0.29, 0.717) is 17.1 Å². The fourth-order valence-corrected chi connectivity index (χ4v) is 2.74. The van der Waals surface area contributed by atoms with Gasteiger partial charge in [-0.15, -0.1) is 0 Å². The van der Waals surface area contributed by atoms with Crippen LogP contribution in [-0.4, -0.2) is 24.4 Å². The van der Waals surface area contributed by atoms with E-state index in [2.05, 4.69) is 10.6 Å². The van der Waals surface area contributed by atoms with Gasteiger partial charge in [-0.05, 0) is 42.2 Å². The second-order valence-electron chi connectivity index (χ2n) is 6.37. The molecule has 2 N–H and O–H groups in total. The van der Waals surface area contributed by atoms with Crippen molar-refractivity contribution in [1.29, 1.82) is 0 Å². The van der Waals surface area contributed by atoms with E-state index in [0.717, 1.165) is 18.4 Å². The topological polar surface area (TPSA) is 58.2 Å². The number of hydrogen-bond donors (Lipinski definition) is 2. The summed E-state index contributed by atoms with van der Waals surface area (Å²) in [5.41, 5.74) is 1.65. The summed E-state index contributed by atoms with van der Waals surface area (Å²) >= 11 is 5.86. The molecule has 0 aliphatic carbocycles. The van der Waals surface area contributed by atoms with E-state index in [1.807, 2.05) is 44.2 Å². The molecule has 0 spiro atoms. The van der Waals surface area contributed by atoms with E-state index in [9.17, 15) is 9.59 Å². The normalized spacial score (nSPS) is 12.9. The lowest BCUT2D eigenvalue weighted by Gasteiger charge is -2.23. The van der Waals surface area contributed by atoms with Crippen molar-refractivity contribution in [2.45, 2.75) is 32.7 Å². The van der Waals surface area contributed by atoms with Gasteiger partial charge in [-0.2, -0.15) is 0 Å². The van der Waals surface area contributed by atoms with Crippen LogP contribution in [0.25, 0.3) is 0 Å². The van der Waals surface area contributed by atoms with Crippen LogP contribution in [0, 0.1) is 5.92 Å². The zero-order chi connectivity index (χ0) is 18.9. The third-order valence-corrected chi connectivity index (χ3v) is 4.70. The summed E-state index contributed by atoms with van der Waals surface area (Å²) in [6.45, 7) is 4.50. The van der Waals surface area contributed by atoms with Gasteiger partial charge >= 0.3 is 0 Å². The number of amides is 2. The van der Waals surface area contributed by atoms with Crippen molar-refractivity contribution >= 4 is 23.4 Å². The Balaban J connectivity index is 1.95. The van der Waals surface area contributed by atoms with Crippen molar-refractivity contribution in [3.63, 3.8) is 0 Å². The molecule has 2 rings (SSSR count). The van der Waals surface area contributed by atoms with Crippen molar-refractivity contribution in [1.82, 2.24) is 10.6 Å². The zero-order valence-corrected chi connectivity index (χ0v) is 15.9. The number of rotatable bonds is 8. The average molecular weight is 373 g/mol. The van der Waals surface area contributed by atoms with Gasteiger partial charge in [0.25, 0.3) is 5.91 Å². The van der Waals surface area contributed by atoms with Crippen LogP contribution >= 0.6 is 11.6 Å². The van der Waals surface area contributed by atoms with E-state index in [4.69, 9.17) is 11.6 Å². The third kappa shape index (κ3) is 5.88. The number of hydrogen-bond acceptors (Lipinski definition) is 2. The van der Waals surface area contributed by atoms with E-state index >= 15 is 0 Å². The minimum absolute atomic E-state index is 0.0305. The van der Waals surface area contributed by atoms with E-state index in [1.165, 1.54) is 0 Å². The highest BCUT2D eigenvalue weighted by Gasteiger charge is 2.26. The molecule has 0 aliphatic rings. The molecule has 2 aromatic carbocycles. The second kappa shape index (κ2) is 9.97. The molecule has 0 heterocycles. The molecule has 0 saturated heterocycles. The third-order valence-electron chi connectivity index (χ3n) is 4.44. The smallest absolute Gasteiger partial charge is 0.251 e. The Kier molecular flexibility index (Phi) is 7.67. The Morgan fingerprint density at radius 3 is 2.31 bits per heavy atom. The first-order valence-electron chi connectivity index (χ1n) is 8.89. The number of carbonyl (C=O) groups excluding carboxylic acids is 2. The Hall–Kier alpha value is -2.33. The van der Waals surface area contributed by atoms with Crippen LogP contribution in [0.5, 0.6) is 0 Å². The predicted molar refractivity (Wildman–Crippen MR) is 105 cm³/mol. The first-order valence-corrected chi connectivity index (χ1v) is 9.27. The summed E-state index contributed by atoms with van der Waals surface area (Å²) in [5, 5.41) is 6.36. The van der Waals surface area contributed by atoms with Crippen LogP contribution in [0.3, 0.4) is 0 Å². The first kappa shape index (κ1) is 20.0. The summed E-state index contributed by atoms with van der Waals surface area (Å²) in [6, 6.07) is 16.0. The van der Waals surface area contributed by atoms with Gasteiger partial charge in [0.05, 0.1) is 0 Å². The number of benzene rings is 2. The first-order chi connectivity index (χ1) is 12.5. The molecule has 0 aromatic heterocycles. The van der Waals surface area contributed by atoms with Crippen LogP contribution in [0.1, 0.15) is 36.2 Å². The SMILES string of the molecule is CCC(C)C(NC(=O)c1ccc(Cl)cc1)C(=O)NCCc1ccccc1. The maximum absolute atomic E-state index is 12.6. The van der Waals surface area contributed by atoms with Crippen LogP contribution in [0.2, 0.25) is 5.02 Å². The molecule has 2 aromatic rings. The van der Waals surface area contributed by atoms with Crippen molar-refractivity contribution < 1.29 is 9.59 Å². The molecular formula is C21H25ClN2O2. The standard InChI is InChI=1S/C21H25ClN2O2/c1-3-15(2)19(24-20(25)17-9-11-18(22)12-10-17)21(26)23-14-13-16-7-5-4-6-8-16/h4-12,15,19H,3,13-14H2,1-2H3,(H,23,26)(H,24,25). The number of nitrogens with one attached hydrogen (secondary N) is 2. The highest BCUT2D eigenvalue weighted by Crippen LogP contribution is 2.12. The summed E-state index contributed by atoms with van der Waals surface area (Å²) in [6.07, 6.45) is 1.54. The Bertz CT molecular complexity index is 717. The fourth-order valence-electron chi connectivity index (χ4n) is 2.61. The van der Waals surface area contributed by atoms with Crippen LogP contribution < -0.4 is 10.6 Å². The molecule has 0 bridgehead atoms. The largest absolute Gasteiger partial charge is 0.354 e. The van der Waals surface area contributed by atoms with Gasteiger partial charge in [-0.1, -0.05) is 62.2 Å². The minimum Gasteiger partial charge on any atom is -0.354 e. The summed E-state index contributed by atoms with van der Waals surface area (Å²) < 4.78 is 0. The molecule has 26 heavy (non-hydrogen) atoms. The quantitative estimate of drug-likeness (QED) is 0.739. The maximum Gasteiger partial charge on any atom is 0.251 e. The van der Waals surface area contributed by atoms with Crippen LogP contribution in [0.15, 0.2) is 54.6 Å². The lowest BCUT2D eigenvalue weighted by molar-refractivity contribution is -0.124. The summed E-state index contributed by atoms with van der Waals surface area (Å²) in [5.74, 6) is -0.397. The fraction of sp³-hybridized carbons (Fsp3) is 0.333. The van der Waals surface area contributed by atoms with Gasteiger partial charge in [-0.3, -0.25) is 9.59 Å². The molecule has 138 valence electrons. The van der Waals surface area contributed by atoms with Gasteiger partial charge in [0.15, 0.2) is 0 Å². The second-order valence-corrected chi connectivity index (χ2v) is 6.81. The van der Waals surface area contributed by atoms with Crippen molar-refractivity contribution in [3.05, 3.63) is 70.7 Å². The number of halogens is 1. The molecule has 2 amide bonds. The Morgan fingerprint density at radius 1 is 1.04 bits per heavy atom. The molecule has 0 saturated carbocycles. The van der Waals surface area contributed by atoms with Crippen molar-refractivity contribution in [2.24, 2.45) is 5.92 Å². The lowest BCUT2D eigenvalue weighted by Crippen LogP contribution is -2.50. The van der Waals surface area contributed by atoms with Gasteiger partial charge in [0, 0.05) is 17.1 Å². The van der Waals surface area contributed by atoms with Gasteiger partial charge < -0.3 is 10.6 Å². The highest BCUT2D eigenvalue weighted by molar-refractivity contribution is 6.30. The Labute approximate surface area is 159 Å². The molecular weight excluding hydrogens is 348 g/mol. The van der Waals surface area contributed by atoms with E-state index in [1.54, 1.807) is 24.3 Å². The zero-order valence-electron chi connectivity index (χ0n) is 15.2. The molecule has 2 unspecified atom stereocenters. The minimum atomic E-state index is -0.570. The van der Waals surface area contributed by atoms with Crippen molar-refractivity contribution in [3.8, 4) is 0 Å². The van der Waals surface area contributed by atoms with Gasteiger partial charge in [0.1, 0.15) is 6.04 Å². The van der Waals surface area contributed by atoms with E-state index < -0.39 is 6.04 Å². The number of carbonyl (C=O) groups is 2. The highest BCUT2D eigenvalue weighted by atomic mass is 35.5. The molecule has 4 nitrogen and oxygen atoms in total. The molecule has 2 atom stereocenters. The van der Waals surface area contributed by atoms with Crippen molar-refractivity contribution in [2.75, 3.05) is 6.54 Å².